The number of nitrogens with one attached hydrogen (secondary N) is 2. The van der Waals surface area contributed by atoms with Crippen LogP contribution in [0.4, 0.5) is 0 Å². The second kappa shape index (κ2) is 10.2. The van der Waals surface area contributed by atoms with Crippen LogP contribution in [0.1, 0.15) is 44.5 Å². The molecule has 6 nitrogen and oxygen atoms in total. The molecule has 2 N–H and O–H groups in total. The molecule has 164 valence electrons. The largest absolute Gasteiger partial charge is 0.351 e. The van der Waals surface area contributed by atoms with Crippen molar-refractivity contribution in [3.05, 3.63) is 94.2 Å². The van der Waals surface area contributed by atoms with E-state index in [1.165, 1.54) is 11.3 Å². The van der Waals surface area contributed by atoms with Gasteiger partial charge in [0.15, 0.2) is 0 Å². The Bertz CT molecular complexity index is 1050. The molecular weight excluding hydrogens is 422 g/mol. The minimum atomic E-state index is -0.783. The standard InChI is InChI=1S/C25H25N3O3S/c29-23(21-12-7-17-32-21)27-22(18-8-3-1-4-9-18)24(30)26-20-13-15-28(16-14-20)25(31)19-10-5-2-6-11-19/h1-12,17,20,22H,13-16H2,(H,26,30)(H,27,29)/t22-/m1/s1. The lowest BCUT2D eigenvalue weighted by atomic mass is 10.0. The number of carbonyl (C=O) groups excluding carboxylic acids is 3. The molecule has 1 fully saturated rings. The summed E-state index contributed by atoms with van der Waals surface area (Å²) in [6.07, 6.45) is 1.34. The van der Waals surface area contributed by atoms with Gasteiger partial charge in [-0.3, -0.25) is 14.4 Å². The number of hydrogen-bond donors (Lipinski definition) is 2. The summed E-state index contributed by atoms with van der Waals surface area (Å²) in [5, 5.41) is 7.78. The molecule has 0 spiro atoms. The molecule has 32 heavy (non-hydrogen) atoms. The Morgan fingerprint density at radius 3 is 2.16 bits per heavy atom. The molecule has 2 aromatic carbocycles. The first kappa shape index (κ1) is 21.8. The highest BCUT2D eigenvalue weighted by Crippen LogP contribution is 2.19. The summed E-state index contributed by atoms with van der Waals surface area (Å²) < 4.78 is 0. The van der Waals surface area contributed by atoms with Crippen molar-refractivity contribution in [2.45, 2.75) is 24.9 Å². The molecule has 1 aliphatic rings. The zero-order chi connectivity index (χ0) is 22.3. The van der Waals surface area contributed by atoms with Gasteiger partial charge in [-0.05, 0) is 42.0 Å². The molecule has 1 saturated heterocycles. The molecule has 0 radical (unpaired) electrons. The normalized spacial score (nSPS) is 15.1. The summed E-state index contributed by atoms with van der Waals surface area (Å²) in [5.41, 5.74) is 1.40. The Morgan fingerprint density at radius 1 is 0.875 bits per heavy atom. The number of carbonyl (C=O) groups is 3. The smallest absolute Gasteiger partial charge is 0.262 e. The van der Waals surface area contributed by atoms with E-state index in [1.807, 2.05) is 77.0 Å². The summed E-state index contributed by atoms with van der Waals surface area (Å²) in [7, 11) is 0. The third kappa shape index (κ3) is 5.23. The van der Waals surface area contributed by atoms with Gasteiger partial charge < -0.3 is 15.5 Å². The lowest BCUT2D eigenvalue weighted by Gasteiger charge is -2.33. The van der Waals surface area contributed by atoms with Crippen molar-refractivity contribution in [3.63, 3.8) is 0 Å². The fourth-order valence-corrected chi connectivity index (χ4v) is 4.46. The van der Waals surface area contributed by atoms with Gasteiger partial charge in [-0.1, -0.05) is 54.6 Å². The number of amides is 3. The number of likely N-dealkylation sites (tertiary alicyclic amines) is 1. The van der Waals surface area contributed by atoms with Crippen molar-refractivity contribution in [2.75, 3.05) is 13.1 Å². The van der Waals surface area contributed by atoms with E-state index in [9.17, 15) is 14.4 Å². The SMILES string of the molecule is O=C(N[C@@H](C(=O)NC1CCN(C(=O)c2ccccc2)CC1)c1ccccc1)c1cccs1. The number of nitrogens with zero attached hydrogens (tertiary/aromatic N) is 1. The summed E-state index contributed by atoms with van der Waals surface area (Å²) in [4.78, 5) is 40.8. The maximum absolute atomic E-state index is 13.2. The first-order valence-electron chi connectivity index (χ1n) is 10.7. The van der Waals surface area contributed by atoms with Gasteiger partial charge in [-0.15, -0.1) is 11.3 Å². The van der Waals surface area contributed by atoms with Gasteiger partial charge in [0.1, 0.15) is 6.04 Å². The number of rotatable bonds is 6. The van der Waals surface area contributed by atoms with Gasteiger partial charge in [-0.25, -0.2) is 0 Å². The van der Waals surface area contributed by atoms with Crippen LogP contribution in [0.2, 0.25) is 0 Å². The fraction of sp³-hybridized carbons (Fsp3) is 0.240. The molecule has 4 rings (SSSR count). The molecule has 1 atom stereocenters. The second-order valence-electron chi connectivity index (χ2n) is 7.74. The van der Waals surface area contributed by atoms with Crippen LogP contribution in [0, 0.1) is 0 Å². The predicted octanol–water partition coefficient (Wildman–Crippen LogP) is 3.64. The van der Waals surface area contributed by atoms with E-state index < -0.39 is 6.04 Å². The third-order valence-corrected chi connectivity index (χ3v) is 6.43. The maximum Gasteiger partial charge on any atom is 0.262 e. The van der Waals surface area contributed by atoms with Gasteiger partial charge in [-0.2, -0.15) is 0 Å². The summed E-state index contributed by atoms with van der Waals surface area (Å²) in [5.74, 6) is -0.498. The Labute approximate surface area is 191 Å². The Kier molecular flexibility index (Phi) is 6.97. The predicted molar refractivity (Wildman–Crippen MR) is 124 cm³/mol. The van der Waals surface area contributed by atoms with E-state index in [4.69, 9.17) is 0 Å². The highest BCUT2D eigenvalue weighted by Gasteiger charge is 2.29. The number of piperidine rings is 1. The van der Waals surface area contributed by atoms with Gasteiger partial charge in [0.25, 0.3) is 11.8 Å². The van der Waals surface area contributed by atoms with Crippen LogP contribution in [-0.4, -0.2) is 41.8 Å². The van der Waals surface area contributed by atoms with Gasteiger partial charge in [0.2, 0.25) is 5.91 Å². The molecule has 3 aromatic rings. The minimum absolute atomic E-state index is 0.0146. The Hall–Kier alpha value is -3.45. The average Bonchev–Trinajstić information content (AvgIpc) is 3.39. The van der Waals surface area contributed by atoms with E-state index in [-0.39, 0.29) is 23.8 Å². The van der Waals surface area contributed by atoms with Gasteiger partial charge >= 0.3 is 0 Å². The Balaban J connectivity index is 1.38. The second-order valence-corrected chi connectivity index (χ2v) is 8.68. The molecule has 0 aliphatic carbocycles. The topological polar surface area (TPSA) is 78.5 Å². The van der Waals surface area contributed by atoms with E-state index in [2.05, 4.69) is 10.6 Å². The molecule has 7 heteroatoms. The molecule has 1 aromatic heterocycles. The quantitative estimate of drug-likeness (QED) is 0.606. The first-order chi connectivity index (χ1) is 15.6. The highest BCUT2D eigenvalue weighted by atomic mass is 32.1. The fourth-order valence-electron chi connectivity index (χ4n) is 3.83. The molecule has 0 bridgehead atoms. The molecule has 2 heterocycles. The summed E-state index contributed by atoms with van der Waals surface area (Å²) in [6, 6.07) is 21.2. The number of thiophene rings is 1. The molecule has 3 amide bonds. The molecule has 0 unspecified atom stereocenters. The first-order valence-corrected chi connectivity index (χ1v) is 11.5. The van der Waals surface area contributed by atoms with E-state index in [0.717, 1.165) is 5.56 Å². The van der Waals surface area contributed by atoms with Crippen molar-refractivity contribution in [2.24, 2.45) is 0 Å². The number of benzene rings is 2. The summed E-state index contributed by atoms with van der Waals surface area (Å²) in [6.45, 7) is 1.16. The van der Waals surface area contributed by atoms with Crippen LogP contribution >= 0.6 is 11.3 Å². The monoisotopic (exact) mass is 447 g/mol. The van der Waals surface area contributed by atoms with Crippen LogP contribution in [0.15, 0.2) is 78.2 Å². The zero-order valence-electron chi connectivity index (χ0n) is 17.6. The van der Waals surface area contributed by atoms with Crippen molar-refractivity contribution in [1.82, 2.24) is 15.5 Å². The minimum Gasteiger partial charge on any atom is -0.351 e. The van der Waals surface area contributed by atoms with Crippen LogP contribution in [0.5, 0.6) is 0 Å². The van der Waals surface area contributed by atoms with E-state index in [1.54, 1.807) is 6.07 Å². The lowest BCUT2D eigenvalue weighted by Crippen LogP contribution is -2.49. The van der Waals surface area contributed by atoms with Gasteiger partial charge in [0, 0.05) is 24.7 Å². The van der Waals surface area contributed by atoms with Gasteiger partial charge in [0.05, 0.1) is 4.88 Å². The maximum atomic E-state index is 13.2. The van der Waals surface area contributed by atoms with Crippen molar-refractivity contribution >= 4 is 29.1 Å². The zero-order valence-corrected chi connectivity index (χ0v) is 18.4. The van der Waals surface area contributed by atoms with Crippen LogP contribution in [-0.2, 0) is 4.79 Å². The van der Waals surface area contributed by atoms with E-state index >= 15 is 0 Å². The molecule has 1 aliphatic heterocycles. The average molecular weight is 448 g/mol. The third-order valence-electron chi connectivity index (χ3n) is 5.56. The van der Waals surface area contributed by atoms with Crippen LogP contribution < -0.4 is 10.6 Å². The Morgan fingerprint density at radius 2 is 1.53 bits per heavy atom. The lowest BCUT2D eigenvalue weighted by molar-refractivity contribution is -0.124. The molecular formula is C25H25N3O3S. The van der Waals surface area contributed by atoms with Crippen LogP contribution in [0.3, 0.4) is 0 Å². The summed E-state index contributed by atoms with van der Waals surface area (Å²) >= 11 is 1.34. The van der Waals surface area contributed by atoms with Crippen molar-refractivity contribution in [1.29, 1.82) is 0 Å². The van der Waals surface area contributed by atoms with Crippen molar-refractivity contribution < 1.29 is 14.4 Å². The highest BCUT2D eigenvalue weighted by molar-refractivity contribution is 7.12. The van der Waals surface area contributed by atoms with Crippen LogP contribution in [0.25, 0.3) is 0 Å². The molecule has 0 saturated carbocycles. The number of hydrogen-bond acceptors (Lipinski definition) is 4. The van der Waals surface area contributed by atoms with E-state index in [0.29, 0.717) is 36.4 Å². The van der Waals surface area contributed by atoms with Crippen molar-refractivity contribution in [3.8, 4) is 0 Å².